The van der Waals surface area contributed by atoms with Crippen LogP contribution >= 0.6 is 0 Å². The molecule has 0 aromatic rings. The van der Waals surface area contributed by atoms with Crippen molar-refractivity contribution >= 4 is 0 Å². The van der Waals surface area contributed by atoms with Gasteiger partial charge in [-0.1, -0.05) is 46.5 Å². The number of likely N-dealkylation sites (N-methyl/N-ethyl adjacent to an activating group) is 1. The molecule has 3 nitrogen and oxygen atoms in total. The zero-order valence-electron chi connectivity index (χ0n) is 13.7. The molecular formula is C16H37N3. The highest BCUT2D eigenvalue weighted by molar-refractivity contribution is 4.70. The highest BCUT2D eigenvalue weighted by atomic mass is 15.3. The lowest BCUT2D eigenvalue weighted by molar-refractivity contribution is 0.135. The molecule has 0 saturated carbocycles. The van der Waals surface area contributed by atoms with Crippen LogP contribution in [0.5, 0.6) is 0 Å². The molecule has 0 aromatic carbocycles. The summed E-state index contributed by atoms with van der Waals surface area (Å²) in [6.45, 7) is 14.8. The lowest BCUT2D eigenvalue weighted by Crippen LogP contribution is -2.46. The third-order valence-corrected chi connectivity index (χ3v) is 3.84. The van der Waals surface area contributed by atoms with Crippen molar-refractivity contribution in [1.29, 1.82) is 0 Å². The minimum Gasteiger partial charge on any atom is -0.330 e. The van der Waals surface area contributed by atoms with Crippen LogP contribution in [0, 0.1) is 0 Å². The van der Waals surface area contributed by atoms with Gasteiger partial charge in [0.25, 0.3) is 0 Å². The van der Waals surface area contributed by atoms with Crippen LogP contribution in [0.3, 0.4) is 0 Å². The van der Waals surface area contributed by atoms with Crippen molar-refractivity contribution in [2.24, 2.45) is 5.73 Å². The van der Waals surface area contributed by atoms with Gasteiger partial charge in [0, 0.05) is 26.2 Å². The topological polar surface area (TPSA) is 32.5 Å². The van der Waals surface area contributed by atoms with Crippen molar-refractivity contribution < 1.29 is 0 Å². The number of hydrogen-bond donors (Lipinski definition) is 1. The summed E-state index contributed by atoms with van der Waals surface area (Å²) in [7, 11) is 0. The fourth-order valence-electron chi connectivity index (χ4n) is 2.52. The van der Waals surface area contributed by atoms with E-state index in [4.69, 9.17) is 5.73 Å². The Kier molecular flexibility index (Phi) is 14.2. The van der Waals surface area contributed by atoms with Crippen molar-refractivity contribution in [3.05, 3.63) is 0 Å². The van der Waals surface area contributed by atoms with E-state index < -0.39 is 0 Å². The predicted molar refractivity (Wildman–Crippen MR) is 86.7 cm³/mol. The van der Waals surface area contributed by atoms with E-state index in [9.17, 15) is 0 Å². The smallest absolute Gasteiger partial charge is 0.0110 e. The summed E-state index contributed by atoms with van der Waals surface area (Å²) < 4.78 is 0. The van der Waals surface area contributed by atoms with Crippen LogP contribution in [0.2, 0.25) is 0 Å². The van der Waals surface area contributed by atoms with Crippen molar-refractivity contribution in [3.8, 4) is 0 Å². The normalized spacial score (nSPS) is 17.1. The first kappa shape index (κ1) is 18.9. The average molecular weight is 271 g/mol. The standard InChI is InChI=1S/C14H31N3.C2H6/c1-2-16-11-13-17(14-12-16)10-8-6-4-3-5-7-9-15;1-2/h2-15H2,1H3;1-2H3. The zero-order valence-corrected chi connectivity index (χ0v) is 13.7. The first-order valence-electron chi connectivity index (χ1n) is 8.51. The summed E-state index contributed by atoms with van der Waals surface area (Å²) in [5.74, 6) is 0. The molecule has 0 spiro atoms. The Balaban J connectivity index is 0.00000154. The molecule has 1 saturated heterocycles. The van der Waals surface area contributed by atoms with Crippen LogP contribution < -0.4 is 5.73 Å². The van der Waals surface area contributed by atoms with Gasteiger partial charge in [-0.05, 0) is 32.5 Å². The highest BCUT2D eigenvalue weighted by Gasteiger charge is 2.14. The van der Waals surface area contributed by atoms with Crippen LogP contribution in [-0.4, -0.2) is 55.6 Å². The van der Waals surface area contributed by atoms with E-state index in [0.717, 1.165) is 6.54 Å². The van der Waals surface area contributed by atoms with Crippen molar-refractivity contribution in [2.75, 3.05) is 45.8 Å². The maximum atomic E-state index is 5.48. The molecule has 1 rings (SSSR count). The summed E-state index contributed by atoms with van der Waals surface area (Å²) in [6.07, 6.45) is 8.09. The van der Waals surface area contributed by atoms with Crippen molar-refractivity contribution in [2.45, 2.75) is 59.3 Å². The molecule has 1 heterocycles. The molecule has 1 aliphatic heterocycles. The zero-order chi connectivity index (χ0) is 14.3. The number of unbranched alkanes of at least 4 members (excludes halogenated alkanes) is 5. The molecule has 19 heavy (non-hydrogen) atoms. The molecule has 0 atom stereocenters. The number of nitrogens with two attached hydrogens (primary N) is 1. The van der Waals surface area contributed by atoms with Gasteiger partial charge < -0.3 is 15.5 Å². The van der Waals surface area contributed by atoms with Gasteiger partial charge in [-0.15, -0.1) is 0 Å². The number of nitrogens with zero attached hydrogens (tertiary/aromatic N) is 2. The number of hydrogen-bond acceptors (Lipinski definition) is 3. The molecule has 3 heteroatoms. The number of rotatable bonds is 9. The van der Waals surface area contributed by atoms with Gasteiger partial charge in [0.05, 0.1) is 0 Å². The van der Waals surface area contributed by atoms with Gasteiger partial charge in [-0.3, -0.25) is 0 Å². The van der Waals surface area contributed by atoms with Crippen molar-refractivity contribution in [1.82, 2.24) is 9.80 Å². The Morgan fingerprint density at radius 2 is 1.21 bits per heavy atom. The maximum absolute atomic E-state index is 5.48. The van der Waals surface area contributed by atoms with Crippen LogP contribution in [0.25, 0.3) is 0 Å². The molecule has 0 bridgehead atoms. The number of piperazine rings is 1. The van der Waals surface area contributed by atoms with Gasteiger partial charge in [-0.25, -0.2) is 0 Å². The maximum Gasteiger partial charge on any atom is 0.0110 e. The molecule has 0 unspecified atom stereocenters. The van der Waals surface area contributed by atoms with E-state index in [1.54, 1.807) is 0 Å². The SMILES string of the molecule is CC.CCN1CCN(CCCCCCCCN)CC1. The van der Waals surface area contributed by atoms with Gasteiger partial charge >= 0.3 is 0 Å². The second-order valence-electron chi connectivity index (χ2n) is 5.19. The Hall–Kier alpha value is -0.120. The summed E-state index contributed by atoms with van der Waals surface area (Å²) >= 11 is 0. The molecule has 2 N–H and O–H groups in total. The summed E-state index contributed by atoms with van der Waals surface area (Å²) in [5, 5.41) is 0. The third-order valence-electron chi connectivity index (χ3n) is 3.84. The van der Waals surface area contributed by atoms with E-state index in [1.165, 1.54) is 77.8 Å². The summed E-state index contributed by atoms with van der Waals surface area (Å²) in [5.41, 5.74) is 5.48. The lowest BCUT2D eigenvalue weighted by Gasteiger charge is -2.33. The minimum absolute atomic E-state index is 0.863. The second-order valence-corrected chi connectivity index (χ2v) is 5.19. The Morgan fingerprint density at radius 1 is 0.737 bits per heavy atom. The largest absolute Gasteiger partial charge is 0.330 e. The van der Waals surface area contributed by atoms with Crippen LogP contribution in [-0.2, 0) is 0 Å². The molecule has 0 amide bonds. The minimum atomic E-state index is 0.863. The average Bonchev–Trinajstić information content (AvgIpc) is 2.49. The molecule has 0 radical (unpaired) electrons. The highest BCUT2D eigenvalue weighted by Crippen LogP contribution is 2.07. The van der Waals surface area contributed by atoms with E-state index in [2.05, 4.69) is 16.7 Å². The summed E-state index contributed by atoms with van der Waals surface area (Å²) in [4.78, 5) is 5.18. The van der Waals surface area contributed by atoms with Gasteiger partial charge in [0.1, 0.15) is 0 Å². The van der Waals surface area contributed by atoms with Gasteiger partial charge in [-0.2, -0.15) is 0 Å². The van der Waals surface area contributed by atoms with E-state index >= 15 is 0 Å². The first-order chi connectivity index (χ1) is 9.36. The molecule has 1 fully saturated rings. The third kappa shape index (κ3) is 10.3. The first-order valence-corrected chi connectivity index (χ1v) is 8.51. The molecule has 0 aliphatic carbocycles. The Labute approximate surface area is 121 Å². The lowest BCUT2D eigenvalue weighted by atomic mass is 10.1. The van der Waals surface area contributed by atoms with Crippen LogP contribution in [0.15, 0.2) is 0 Å². The van der Waals surface area contributed by atoms with E-state index in [-0.39, 0.29) is 0 Å². The van der Waals surface area contributed by atoms with Crippen molar-refractivity contribution in [3.63, 3.8) is 0 Å². The van der Waals surface area contributed by atoms with Crippen LogP contribution in [0.4, 0.5) is 0 Å². The molecule has 116 valence electrons. The molecular weight excluding hydrogens is 234 g/mol. The molecule has 0 aromatic heterocycles. The van der Waals surface area contributed by atoms with E-state index in [0.29, 0.717) is 0 Å². The fraction of sp³-hybridized carbons (Fsp3) is 1.00. The quantitative estimate of drug-likeness (QED) is 0.654. The summed E-state index contributed by atoms with van der Waals surface area (Å²) in [6, 6.07) is 0. The second kappa shape index (κ2) is 14.3. The monoisotopic (exact) mass is 271 g/mol. The molecule has 1 aliphatic rings. The Morgan fingerprint density at radius 3 is 1.74 bits per heavy atom. The van der Waals surface area contributed by atoms with Gasteiger partial charge in [0.2, 0.25) is 0 Å². The Bertz CT molecular complexity index is 165. The predicted octanol–water partition coefficient (Wildman–Crippen LogP) is 2.95. The van der Waals surface area contributed by atoms with E-state index in [1.807, 2.05) is 13.8 Å². The van der Waals surface area contributed by atoms with Gasteiger partial charge in [0.15, 0.2) is 0 Å². The van der Waals surface area contributed by atoms with Crippen LogP contribution in [0.1, 0.15) is 59.3 Å². The fourth-order valence-corrected chi connectivity index (χ4v) is 2.52.